The molecule has 0 unspecified atom stereocenters. The normalized spacial score (nSPS) is 25.5. The SMILES string of the molecule is Cc1csc(Oc2ccccc2C(=O)N[C@H]2CN3CCC2CC3)n1. The highest BCUT2D eigenvalue weighted by Crippen LogP contribution is 2.30. The van der Waals surface area contributed by atoms with E-state index in [4.69, 9.17) is 4.74 Å². The number of piperidine rings is 3. The molecule has 2 aromatic rings. The summed E-state index contributed by atoms with van der Waals surface area (Å²) in [6.07, 6.45) is 2.36. The maximum Gasteiger partial charge on any atom is 0.278 e. The first-order valence-corrected chi connectivity index (χ1v) is 9.29. The molecule has 1 aromatic heterocycles. The molecule has 2 bridgehead atoms. The highest BCUT2D eigenvalue weighted by molar-refractivity contribution is 7.11. The average Bonchev–Trinajstić information content (AvgIpc) is 3.01. The van der Waals surface area contributed by atoms with E-state index in [2.05, 4.69) is 15.2 Å². The molecule has 5 nitrogen and oxygen atoms in total. The Kier molecular flexibility index (Phi) is 4.24. The van der Waals surface area contributed by atoms with Gasteiger partial charge in [-0.2, -0.15) is 0 Å². The molecular weight excluding hydrogens is 322 g/mol. The third kappa shape index (κ3) is 3.16. The van der Waals surface area contributed by atoms with Crippen molar-refractivity contribution in [2.45, 2.75) is 25.8 Å². The summed E-state index contributed by atoms with van der Waals surface area (Å²) >= 11 is 1.44. The van der Waals surface area contributed by atoms with Gasteiger partial charge in [-0.3, -0.25) is 4.79 Å². The minimum absolute atomic E-state index is 0.0578. The Labute approximate surface area is 145 Å². The molecule has 0 aliphatic carbocycles. The van der Waals surface area contributed by atoms with E-state index in [1.807, 2.05) is 36.6 Å². The van der Waals surface area contributed by atoms with E-state index in [1.165, 1.54) is 37.3 Å². The predicted octanol–water partition coefficient (Wildman–Crippen LogP) is 3.07. The molecule has 0 radical (unpaired) electrons. The first-order valence-electron chi connectivity index (χ1n) is 8.41. The molecule has 24 heavy (non-hydrogen) atoms. The number of ether oxygens (including phenoxy) is 1. The van der Waals surface area contributed by atoms with Crippen LogP contribution >= 0.6 is 11.3 Å². The van der Waals surface area contributed by atoms with Crippen LogP contribution in [0.15, 0.2) is 29.6 Å². The van der Waals surface area contributed by atoms with Gasteiger partial charge in [0, 0.05) is 18.0 Å². The lowest BCUT2D eigenvalue weighted by Gasteiger charge is -2.44. The van der Waals surface area contributed by atoms with E-state index in [-0.39, 0.29) is 11.9 Å². The smallest absolute Gasteiger partial charge is 0.278 e. The van der Waals surface area contributed by atoms with Crippen molar-refractivity contribution in [1.82, 2.24) is 15.2 Å². The lowest BCUT2D eigenvalue weighted by Crippen LogP contribution is -2.57. The maximum atomic E-state index is 12.8. The fourth-order valence-corrected chi connectivity index (χ4v) is 4.25. The van der Waals surface area contributed by atoms with Gasteiger partial charge in [0.1, 0.15) is 5.75 Å². The summed E-state index contributed by atoms with van der Waals surface area (Å²) in [6.45, 7) is 5.22. The predicted molar refractivity (Wildman–Crippen MR) is 93.8 cm³/mol. The summed E-state index contributed by atoms with van der Waals surface area (Å²) in [6, 6.07) is 7.62. The van der Waals surface area contributed by atoms with Crippen LogP contribution in [0.2, 0.25) is 0 Å². The Balaban J connectivity index is 1.50. The minimum Gasteiger partial charge on any atom is -0.430 e. The first kappa shape index (κ1) is 15.6. The number of amides is 1. The lowest BCUT2D eigenvalue weighted by atomic mass is 9.84. The second kappa shape index (κ2) is 6.53. The molecule has 3 aliphatic heterocycles. The largest absolute Gasteiger partial charge is 0.430 e. The zero-order chi connectivity index (χ0) is 16.5. The first-order chi connectivity index (χ1) is 11.7. The Morgan fingerprint density at radius 2 is 2.12 bits per heavy atom. The molecule has 3 saturated heterocycles. The number of carbonyl (C=O) groups is 1. The van der Waals surface area contributed by atoms with E-state index in [9.17, 15) is 4.79 Å². The van der Waals surface area contributed by atoms with Crippen LogP contribution in [0.5, 0.6) is 10.9 Å². The molecular formula is C18H21N3O2S. The fraction of sp³-hybridized carbons (Fsp3) is 0.444. The standard InChI is InChI=1S/C18H21N3O2S/c1-12-11-24-18(19-12)23-16-5-3-2-4-14(16)17(22)20-15-10-21-8-6-13(15)7-9-21/h2-5,11,13,15H,6-10H2,1H3,(H,20,22)/t15-/m0/s1. The van der Waals surface area contributed by atoms with E-state index in [0.717, 1.165) is 12.2 Å². The molecule has 126 valence electrons. The summed E-state index contributed by atoms with van der Waals surface area (Å²) < 4.78 is 5.84. The zero-order valence-electron chi connectivity index (χ0n) is 13.7. The van der Waals surface area contributed by atoms with Gasteiger partial charge in [0.2, 0.25) is 0 Å². The van der Waals surface area contributed by atoms with Crippen molar-refractivity contribution < 1.29 is 9.53 Å². The van der Waals surface area contributed by atoms with Crippen LogP contribution in [0.25, 0.3) is 0 Å². The van der Waals surface area contributed by atoms with Gasteiger partial charge in [0.25, 0.3) is 11.1 Å². The van der Waals surface area contributed by atoms with Gasteiger partial charge in [0.05, 0.1) is 11.3 Å². The number of para-hydroxylation sites is 1. The highest BCUT2D eigenvalue weighted by atomic mass is 32.1. The number of fused-ring (bicyclic) bond motifs is 3. The number of aromatic nitrogens is 1. The summed E-state index contributed by atoms with van der Waals surface area (Å²) in [7, 11) is 0. The Morgan fingerprint density at radius 3 is 2.79 bits per heavy atom. The number of aryl methyl sites for hydroxylation is 1. The van der Waals surface area contributed by atoms with Gasteiger partial charge in [0.15, 0.2) is 0 Å². The molecule has 1 amide bonds. The number of nitrogens with zero attached hydrogens (tertiary/aromatic N) is 2. The van der Waals surface area contributed by atoms with Crippen LogP contribution in [-0.4, -0.2) is 41.5 Å². The molecule has 4 heterocycles. The van der Waals surface area contributed by atoms with Crippen LogP contribution in [0, 0.1) is 12.8 Å². The number of benzene rings is 1. The Bertz CT molecular complexity index is 737. The minimum atomic E-state index is -0.0578. The van der Waals surface area contributed by atoms with Crippen molar-refractivity contribution in [2.24, 2.45) is 5.92 Å². The van der Waals surface area contributed by atoms with Gasteiger partial charge in [-0.15, -0.1) is 0 Å². The van der Waals surface area contributed by atoms with Crippen molar-refractivity contribution in [3.8, 4) is 10.9 Å². The summed E-state index contributed by atoms with van der Waals surface area (Å²) in [5.41, 5.74) is 1.49. The van der Waals surface area contributed by atoms with E-state index in [1.54, 1.807) is 0 Å². The van der Waals surface area contributed by atoms with Crippen LogP contribution in [0.4, 0.5) is 0 Å². The third-order valence-corrected chi connectivity index (χ3v) is 5.73. The topological polar surface area (TPSA) is 54.5 Å². The Morgan fingerprint density at radius 1 is 1.33 bits per heavy atom. The van der Waals surface area contributed by atoms with Crippen LogP contribution in [0.3, 0.4) is 0 Å². The lowest BCUT2D eigenvalue weighted by molar-refractivity contribution is 0.0619. The van der Waals surface area contributed by atoms with Gasteiger partial charge in [-0.25, -0.2) is 4.98 Å². The molecule has 0 saturated carbocycles. The molecule has 1 atom stereocenters. The number of hydrogen-bond donors (Lipinski definition) is 1. The fourth-order valence-electron chi connectivity index (χ4n) is 3.59. The molecule has 3 fully saturated rings. The third-order valence-electron chi connectivity index (χ3n) is 4.90. The van der Waals surface area contributed by atoms with Crippen molar-refractivity contribution in [3.05, 3.63) is 40.9 Å². The van der Waals surface area contributed by atoms with Crippen molar-refractivity contribution in [2.75, 3.05) is 19.6 Å². The molecule has 0 spiro atoms. The highest BCUT2D eigenvalue weighted by Gasteiger charge is 2.35. The van der Waals surface area contributed by atoms with E-state index < -0.39 is 0 Å². The molecule has 1 aromatic carbocycles. The Hall–Kier alpha value is -1.92. The summed E-state index contributed by atoms with van der Waals surface area (Å²) in [5, 5.41) is 5.72. The van der Waals surface area contributed by atoms with Gasteiger partial charge < -0.3 is 15.0 Å². The van der Waals surface area contributed by atoms with E-state index >= 15 is 0 Å². The van der Waals surface area contributed by atoms with Gasteiger partial charge >= 0.3 is 0 Å². The summed E-state index contributed by atoms with van der Waals surface area (Å²) in [5.74, 6) is 1.11. The second-order valence-corrected chi connectivity index (χ2v) is 7.39. The number of nitrogens with one attached hydrogen (secondary N) is 1. The summed E-state index contributed by atoms with van der Waals surface area (Å²) in [4.78, 5) is 19.5. The number of thiazole rings is 1. The van der Waals surface area contributed by atoms with Crippen molar-refractivity contribution >= 4 is 17.2 Å². The van der Waals surface area contributed by atoms with Crippen molar-refractivity contribution in [1.29, 1.82) is 0 Å². The average molecular weight is 343 g/mol. The van der Waals surface area contributed by atoms with Gasteiger partial charge in [-0.05, 0) is 50.9 Å². The van der Waals surface area contributed by atoms with Crippen molar-refractivity contribution in [3.63, 3.8) is 0 Å². The van der Waals surface area contributed by atoms with Gasteiger partial charge in [-0.1, -0.05) is 23.5 Å². The monoisotopic (exact) mass is 343 g/mol. The molecule has 6 heteroatoms. The quantitative estimate of drug-likeness (QED) is 0.927. The molecule has 1 N–H and O–H groups in total. The number of carbonyl (C=O) groups excluding carboxylic acids is 1. The molecule has 3 aliphatic rings. The molecule has 5 rings (SSSR count). The second-order valence-electron chi connectivity index (χ2n) is 6.57. The number of hydrogen-bond acceptors (Lipinski definition) is 5. The van der Waals surface area contributed by atoms with E-state index in [0.29, 0.717) is 22.4 Å². The number of rotatable bonds is 4. The van der Waals surface area contributed by atoms with Crippen LogP contribution in [0.1, 0.15) is 28.9 Å². The van der Waals surface area contributed by atoms with Crippen LogP contribution in [-0.2, 0) is 0 Å². The van der Waals surface area contributed by atoms with Crippen LogP contribution < -0.4 is 10.1 Å². The maximum absolute atomic E-state index is 12.8. The zero-order valence-corrected chi connectivity index (χ0v) is 14.5.